The van der Waals surface area contributed by atoms with E-state index < -0.39 is 0 Å². The Labute approximate surface area is 130 Å². The highest BCUT2D eigenvalue weighted by molar-refractivity contribution is 6.32. The summed E-state index contributed by atoms with van der Waals surface area (Å²) in [5.41, 5.74) is 0.994. The van der Waals surface area contributed by atoms with Crippen LogP contribution < -0.4 is 10.1 Å². The van der Waals surface area contributed by atoms with E-state index in [0.717, 1.165) is 37.2 Å². The normalized spacial score (nSPS) is 10.4. The highest BCUT2D eigenvalue weighted by Gasteiger charge is 2.13. The van der Waals surface area contributed by atoms with E-state index in [1.165, 1.54) is 6.33 Å². The Morgan fingerprint density at radius 1 is 1.14 bits per heavy atom. The minimum Gasteiger partial charge on any atom is -0.437 e. The van der Waals surface area contributed by atoms with Crippen molar-refractivity contribution < 1.29 is 4.74 Å². The second-order valence-electron chi connectivity index (χ2n) is 4.72. The topological polar surface area (TPSA) is 47.0 Å². The van der Waals surface area contributed by atoms with Crippen LogP contribution in [0.4, 0.5) is 5.82 Å². The third kappa shape index (κ3) is 4.08. The second kappa shape index (κ2) is 7.84. The molecule has 0 radical (unpaired) electrons. The predicted octanol–water partition coefficient (Wildman–Crippen LogP) is 4.70. The highest BCUT2D eigenvalue weighted by atomic mass is 35.5. The van der Waals surface area contributed by atoms with Gasteiger partial charge >= 0.3 is 0 Å². The summed E-state index contributed by atoms with van der Waals surface area (Å²) in [6, 6.07) is 7.39. The lowest BCUT2D eigenvalue weighted by molar-refractivity contribution is 0.454. The molecule has 0 fully saturated rings. The molecule has 0 saturated heterocycles. The van der Waals surface area contributed by atoms with Crippen molar-refractivity contribution in [2.24, 2.45) is 0 Å². The van der Waals surface area contributed by atoms with Gasteiger partial charge in [-0.2, -0.15) is 0 Å². The number of halogens is 1. The SMILES string of the molecule is CCCNc1ncnc(Oc2ccccc2Cl)c1CCC. The maximum absolute atomic E-state index is 6.14. The smallest absolute Gasteiger partial charge is 0.227 e. The number of aromatic nitrogens is 2. The predicted molar refractivity (Wildman–Crippen MR) is 86.3 cm³/mol. The van der Waals surface area contributed by atoms with E-state index in [-0.39, 0.29) is 0 Å². The summed E-state index contributed by atoms with van der Waals surface area (Å²) in [5, 5.41) is 3.90. The van der Waals surface area contributed by atoms with Crippen molar-refractivity contribution >= 4 is 17.4 Å². The Kier molecular flexibility index (Phi) is 5.81. The zero-order chi connectivity index (χ0) is 15.1. The standard InChI is InChI=1S/C16H20ClN3O/c1-3-7-12-15(18-10-4-2)19-11-20-16(12)21-14-9-6-5-8-13(14)17/h5-6,8-9,11H,3-4,7,10H2,1-2H3,(H,18,19,20). The van der Waals surface area contributed by atoms with Crippen LogP contribution in [0.5, 0.6) is 11.6 Å². The lowest BCUT2D eigenvalue weighted by Gasteiger charge is -2.14. The molecular weight excluding hydrogens is 286 g/mol. The first-order valence-corrected chi connectivity index (χ1v) is 7.64. The summed E-state index contributed by atoms with van der Waals surface area (Å²) in [4.78, 5) is 8.59. The Morgan fingerprint density at radius 2 is 1.95 bits per heavy atom. The van der Waals surface area contributed by atoms with E-state index in [9.17, 15) is 0 Å². The van der Waals surface area contributed by atoms with E-state index in [1.54, 1.807) is 6.07 Å². The van der Waals surface area contributed by atoms with Gasteiger partial charge in [-0.1, -0.05) is 44.0 Å². The van der Waals surface area contributed by atoms with Crippen LogP contribution >= 0.6 is 11.6 Å². The number of para-hydroxylation sites is 1. The van der Waals surface area contributed by atoms with Gasteiger partial charge in [0.2, 0.25) is 5.88 Å². The number of hydrogen-bond acceptors (Lipinski definition) is 4. The summed E-state index contributed by atoms with van der Waals surface area (Å²) < 4.78 is 5.89. The second-order valence-corrected chi connectivity index (χ2v) is 5.12. The Balaban J connectivity index is 2.31. The first-order valence-electron chi connectivity index (χ1n) is 7.26. The fourth-order valence-electron chi connectivity index (χ4n) is 1.99. The molecule has 1 aromatic heterocycles. The molecule has 21 heavy (non-hydrogen) atoms. The molecule has 1 heterocycles. The van der Waals surface area contributed by atoms with Gasteiger partial charge in [-0.15, -0.1) is 0 Å². The van der Waals surface area contributed by atoms with Crippen LogP contribution in [0.15, 0.2) is 30.6 Å². The largest absolute Gasteiger partial charge is 0.437 e. The molecule has 4 nitrogen and oxygen atoms in total. The molecule has 0 unspecified atom stereocenters. The van der Waals surface area contributed by atoms with Crippen molar-refractivity contribution in [2.45, 2.75) is 33.1 Å². The Bertz CT molecular complexity index is 589. The number of ether oxygens (including phenoxy) is 1. The fraction of sp³-hybridized carbons (Fsp3) is 0.375. The lowest BCUT2D eigenvalue weighted by atomic mass is 10.1. The third-order valence-electron chi connectivity index (χ3n) is 2.99. The van der Waals surface area contributed by atoms with Crippen LogP contribution in [-0.4, -0.2) is 16.5 Å². The Morgan fingerprint density at radius 3 is 2.67 bits per heavy atom. The van der Waals surface area contributed by atoms with E-state index in [0.29, 0.717) is 16.7 Å². The number of anilines is 1. The summed E-state index contributed by atoms with van der Waals surface area (Å²) >= 11 is 6.14. The van der Waals surface area contributed by atoms with Crippen molar-refractivity contribution in [1.82, 2.24) is 9.97 Å². The zero-order valence-corrected chi connectivity index (χ0v) is 13.2. The minimum atomic E-state index is 0.568. The third-order valence-corrected chi connectivity index (χ3v) is 3.30. The molecule has 0 aliphatic carbocycles. The number of benzene rings is 1. The van der Waals surface area contributed by atoms with Gasteiger partial charge in [-0.3, -0.25) is 0 Å². The van der Waals surface area contributed by atoms with E-state index >= 15 is 0 Å². The maximum Gasteiger partial charge on any atom is 0.227 e. The fourth-order valence-corrected chi connectivity index (χ4v) is 2.16. The molecule has 1 aromatic carbocycles. The summed E-state index contributed by atoms with van der Waals surface area (Å²) in [6.45, 7) is 5.12. The first kappa shape index (κ1) is 15.6. The van der Waals surface area contributed by atoms with Gasteiger partial charge in [0.05, 0.1) is 10.6 Å². The highest BCUT2D eigenvalue weighted by Crippen LogP contribution is 2.32. The molecule has 0 aliphatic rings. The van der Waals surface area contributed by atoms with Crippen LogP contribution in [0.1, 0.15) is 32.3 Å². The molecule has 0 atom stereocenters. The summed E-state index contributed by atoms with van der Waals surface area (Å²) in [6.07, 6.45) is 4.40. The molecule has 0 spiro atoms. The molecular formula is C16H20ClN3O. The van der Waals surface area contributed by atoms with Crippen molar-refractivity contribution in [2.75, 3.05) is 11.9 Å². The molecule has 0 amide bonds. The molecule has 0 aliphatic heterocycles. The van der Waals surface area contributed by atoms with Crippen molar-refractivity contribution in [3.8, 4) is 11.6 Å². The molecule has 2 aromatic rings. The van der Waals surface area contributed by atoms with Crippen LogP contribution in [0.3, 0.4) is 0 Å². The monoisotopic (exact) mass is 305 g/mol. The van der Waals surface area contributed by atoms with Gasteiger partial charge in [0.25, 0.3) is 0 Å². The maximum atomic E-state index is 6.14. The molecule has 1 N–H and O–H groups in total. The minimum absolute atomic E-state index is 0.568. The number of nitrogens with one attached hydrogen (secondary N) is 1. The average molecular weight is 306 g/mol. The van der Waals surface area contributed by atoms with Crippen LogP contribution in [0, 0.1) is 0 Å². The van der Waals surface area contributed by atoms with Crippen molar-refractivity contribution in [3.05, 3.63) is 41.2 Å². The molecule has 0 bridgehead atoms. The number of hydrogen-bond donors (Lipinski definition) is 1. The molecule has 112 valence electrons. The first-order chi connectivity index (χ1) is 10.3. The van der Waals surface area contributed by atoms with Crippen LogP contribution in [-0.2, 0) is 6.42 Å². The molecule has 0 saturated carbocycles. The van der Waals surface area contributed by atoms with E-state index in [2.05, 4.69) is 29.1 Å². The quantitative estimate of drug-likeness (QED) is 0.805. The Hall–Kier alpha value is -1.81. The zero-order valence-electron chi connectivity index (χ0n) is 12.4. The van der Waals surface area contributed by atoms with Gasteiger partial charge < -0.3 is 10.1 Å². The van der Waals surface area contributed by atoms with E-state index in [4.69, 9.17) is 16.3 Å². The van der Waals surface area contributed by atoms with E-state index in [1.807, 2.05) is 18.2 Å². The molecule has 5 heteroatoms. The van der Waals surface area contributed by atoms with Gasteiger partial charge in [-0.05, 0) is 25.0 Å². The molecule has 2 rings (SSSR count). The average Bonchev–Trinajstić information content (AvgIpc) is 2.50. The van der Waals surface area contributed by atoms with Crippen LogP contribution in [0.25, 0.3) is 0 Å². The van der Waals surface area contributed by atoms with Gasteiger partial charge in [0, 0.05) is 6.54 Å². The van der Waals surface area contributed by atoms with Crippen LogP contribution in [0.2, 0.25) is 5.02 Å². The number of nitrogens with zero attached hydrogens (tertiary/aromatic N) is 2. The summed E-state index contributed by atoms with van der Waals surface area (Å²) in [5.74, 6) is 2.02. The van der Waals surface area contributed by atoms with Crippen molar-refractivity contribution in [1.29, 1.82) is 0 Å². The lowest BCUT2D eigenvalue weighted by Crippen LogP contribution is -2.07. The number of rotatable bonds is 7. The van der Waals surface area contributed by atoms with Gasteiger partial charge in [0.15, 0.2) is 0 Å². The van der Waals surface area contributed by atoms with Gasteiger partial charge in [0.1, 0.15) is 17.9 Å². The van der Waals surface area contributed by atoms with Gasteiger partial charge in [-0.25, -0.2) is 9.97 Å². The van der Waals surface area contributed by atoms with Crippen molar-refractivity contribution in [3.63, 3.8) is 0 Å². The summed E-state index contributed by atoms with van der Waals surface area (Å²) in [7, 11) is 0.